The van der Waals surface area contributed by atoms with Gasteiger partial charge < -0.3 is 4.90 Å². The lowest BCUT2D eigenvalue weighted by Gasteiger charge is -2.42. The van der Waals surface area contributed by atoms with Crippen molar-refractivity contribution in [1.29, 1.82) is 0 Å². The summed E-state index contributed by atoms with van der Waals surface area (Å²) >= 11 is 0. The van der Waals surface area contributed by atoms with E-state index in [9.17, 15) is 0 Å². The monoisotopic (exact) mass is 645 g/mol. The van der Waals surface area contributed by atoms with Gasteiger partial charge in [0.25, 0.3) is 0 Å². The first-order chi connectivity index (χ1) is 24.8. The zero-order valence-electron chi connectivity index (χ0n) is 28.6. The van der Waals surface area contributed by atoms with E-state index in [-0.39, 0.29) is 0 Å². The molecule has 11 rings (SSSR count). The number of hydrogen-bond acceptors (Lipinski definition) is 1. The third-order valence-electron chi connectivity index (χ3n) is 12.2. The molecule has 1 nitrogen and oxygen atoms in total. The first-order valence-corrected chi connectivity index (χ1v) is 18.8. The molecule has 7 aromatic rings. The van der Waals surface area contributed by atoms with Gasteiger partial charge in [-0.25, -0.2) is 0 Å². The van der Waals surface area contributed by atoms with Crippen molar-refractivity contribution in [3.05, 3.63) is 163 Å². The molecular weight excluding hydrogens is 603 g/mol. The van der Waals surface area contributed by atoms with Gasteiger partial charge in [-0.05, 0) is 125 Å². The Morgan fingerprint density at radius 3 is 1.78 bits per heavy atom. The highest BCUT2D eigenvalue weighted by Crippen LogP contribution is 2.52. The van der Waals surface area contributed by atoms with Gasteiger partial charge in [-0.1, -0.05) is 133 Å². The predicted octanol–water partition coefficient (Wildman–Crippen LogP) is 13.3. The molecule has 2 fully saturated rings. The highest BCUT2D eigenvalue weighted by molar-refractivity contribution is 6.13. The molecule has 1 heteroatoms. The summed E-state index contributed by atoms with van der Waals surface area (Å²) in [5, 5.41) is 5.14. The van der Waals surface area contributed by atoms with Crippen LogP contribution < -0.4 is 4.90 Å². The summed E-state index contributed by atoms with van der Waals surface area (Å²) in [7, 11) is 0. The Labute approximate surface area is 296 Å². The molecule has 4 bridgehead atoms. The van der Waals surface area contributed by atoms with Crippen LogP contribution in [0.5, 0.6) is 0 Å². The maximum absolute atomic E-state index is 2.61. The maximum atomic E-state index is 2.61. The Balaban J connectivity index is 1.28. The lowest BCUT2D eigenvalue weighted by atomic mass is 9.63. The molecular formula is C49H43N. The van der Waals surface area contributed by atoms with E-state index in [0.29, 0.717) is 0 Å². The number of fused-ring (bicyclic) bond motifs is 3. The Kier molecular flexibility index (Phi) is 7.33. The highest BCUT2D eigenvalue weighted by atomic mass is 15.1. The molecule has 4 aliphatic carbocycles. The number of nitrogens with zero attached hydrogens (tertiary/aromatic N) is 1. The van der Waals surface area contributed by atoms with Crippen LogP contribution in [-0.2, 0) is 12.8 Å². The molecule has 4 aliphatic rings. The van der Waals surface area contributed by atoms with E-state index in [1.165, 1.54) is 111 Å². The third-order valence-corrected chi connectivity index (χ3v) is 12.2. The number of hydrogen-bond donors (Lipinski definition) is 0. The van der Waals surface area contributed by atoms with Crippen LogP contribution in [0, 0.1) is 23.7 Å². The van der Waals surface area contributed by atoms with Crippen LogP contribution in [0.2, 0.25) is 0 Å². The predicted molar refractivity (Wildman–Crippen MR) is 211 cm³/mol. The van der Waals surface area contributed by atoms with Gasteiger partial charge in [0.15, 0.2) is 0 Å². The highest BCUT2D eigenvalue weighted by Gasteiger charge is 2.37. The molecule has 0 heterocycles. The largest absolute Gasteiger partial charge is 0.309 e. The molecule has 0 aromatic heterocycles. The van der Waals surface area contributed by atoms with Gasteiger partial charge in [-0.3, -0.25) is 0 Å². The minimum Gasteiger partial charge on any atom is -0.309 e. The van der Waals surface area contributed by atoms with E-state index in [1.54, 1.807) is 0 Å². The zero-order chi connectivity index (χ0) is 33.0. The normalized spacial score (nSPS) is 21.0. The summed E-state index contributed by atoms with van der Waals surface area (Å²) in [6, 6.07) is 57.0. The Morgan fingerprint density at radius 1 is 0.360 bits per heavy atom. The summed E-state index contributed by atoms with van der Waals surface area (Å²) in [5.41, 5.74) is 12.0. The molecule has 0 amide bonds. The van der Waals surface area contributed by atoms with E-state index in [4.69, 9.17) is 0 Å². The number of para-hydroxylation sites is 1. The van der Waals surface area contributed by atoms with E-state index >= 15 is 0 Å². The fourth-order valence-corrected chi connectivity index (χ4v) is 10.4. The molecule has 0 radical (unpaired) electrons. The van der Waals surface area contributed by atoms with Crippen LogP contribution in [0.15, 0.2) is 152 Å². The van der Waals surface area contributed by atoms with E-state index in [1.807, 2.05) is 0 Å². The van der Waals surface area contributed by atoms with Crippen molar-refractivity contribution in [2.24, 2.45) is 23.7 Å². The minimum absolute atomic E-state index is 0.757. The first kappa shape index (κ1) is 29.7. The SMILES string of the molecule is c1ccc(-c2ccccc2N(c2cccc3c2-c2ccccc2CC2CC4CC(C3)CC(C2)C4)c2cccc3c2ccc2ccccc23)cc1. The van der Waals surface area contributed by atoms with Gasteiger partial charge in [0.1, 0.15) is 0 Å². The summed E-state index contributed by atoms with van der Waals surface area (Å²) in [6.45, 7) is 0. The van der Waals surface area contributed by atoms with Gasteiger partial charge >= 0.3 is 0 Å². The molecule has 244 valence electrons. The van der Waals surface area contributed by atoms with Crippen LogP contribution in [0.1, 0.15) is 43.2 Å². The average Bonchev–Trinajstić information content (AvgIpc) is 3.18. The van der Waals surface area contributed by atoms with Crippen molar-refractivity contribution < 1.29 is 0 Å². The fourth-order valence-electron chi connectivity index (χ4n) is 10.4. The Morgan fingerprint density at radius 2 is 0.940 bits per heavy atom. The molecule has 0 aliphatic heterocycles. The van der Waals surface area contributed by atoms with Crippen molar-refractivity contribution in [3.8, 4) is 22.3 Å². The standard InChI is InChI=1S/C49H43N/c1-2-12-37(13-3-1)42-18-8-9-21-46(42)50(47-22-11-20-44-41-17-6-4-14-38(41)24-25-45(44)47)48-23-10-16-40-32-36-29-33-26-34(30-36)28-35(27-33)31-39-15-5-7-19-43(39)49(40)48/h1-25,33-36H,26-32H2. The molecule has 2 atom stereocenters. The van der Waals surface area contributed by atoms with Crippen LogP contribution in [0.3, 0.4) is 0 Å². The second-order valence-corrected chi connectivity index (χ2v) is 15.4. The second kappa shape index (κ2) is 12.3. The average molecular weight is 646 g/mol. The van der Waals surface area contributed by atoms with Crippen LogP contribution in [0.25, 0.3) is 43.8 Å². The minimum atomic E-state index is 0.757. The quantitative estimate of drug-likeness (QED) is 0.172. The zero-order valence-corrected chi connectivity index (χ0v) is 28.6. The van der Waals surface area contributed by atoms with Crippen LogP contribution in [-0.4, -0.2) is 0 Å². The number of benzene rings is 7. The Bertz CT molecular complexity index is 2340. The molecule has 7 aromatic carbocycles. The number of anilines is 3. The van der Waals surface area contributed by atoms with Crippen molar-refractivity contribution in [2.75, 3.05) is 4.90 Å². The summed E-state index contributed by atoms with van der Waals surface area (Å²) < 4.78 is 0. The third kappa shape index (κ3) is 5.14. The van der Waals surface area contributed by atoms with Crippen molar-refractivity contribution in [1.82, 2.24) is 0 Å². The van der Waals surface area contributed by atoms with Gasteiger partial charge in [0, 0.05) is 16.5 Å². The van der Waals surface area contributed by atoms with Crippen LogP contribution >= 0.6 is 0 Å². The molecule has 2 unspecified atom stereocenters. The maximum Gasteiger partial charge on any atom is 0.0543 e. The van der Waals surface area contributed by atoms with Crippen molar-refractivity contribution in [3.63, 3.8) is 0 Å². The van der Waals surface area contributed by atoms with E-state index in [2.05, 4.69) is 157 Å². The van der Waals surface area contributed by atoms with E-state index in [0.717, 1.165) is 30.1 Å². The van der Waals surface area contributed by atoms with Gasteiger partial charge in [0.05, 0.1) is 17.1 Å². The topological polar surface area (TPSA) is 3.24 Å². The van der Waals surface area contributed by atoms with Crippen molar-refractivity contribution in [2.45, 2.75) is 44.9 Å². The summed E-state index contributed by atoms with van der Waals surface area (Å²) in [5.74, 6) is 3.34. The van der Waals surface area contributed by atoms with Crippen molar-refractivity contribution >= 4 is 38.6 Å². The van der Waals surface area contributed by atoms with Crippen LogP contribution in [0.4, 0.5) is 17.1 Å². The summed E-state index contributed by atoms with van der Waals surface area (Å²) in [6.07, 6.45) is 9.40. The molecule has 0 spiro atoms. The first-order valence-electron chi connectivity index (χ1n) is 18.8. The smallest absolute Gasteiger partial charge is 0.0543 e. The molecule has 2 saturated carbocycles. The Hall–Kier alpha value is -5.14. The lowest BCUT2D eigenvalue weighted by Crippen LogP contribution is -2.32. The van der Waals surface area contributed by atoms with Gasteiger partial charge in [-0.15, -0.1) is 0 Å². The van der Waals surface area contributed by atoms with Gasteiger partial charge in [-0.2, -0.15) is 0 Å². The summed E-state index contributed by atoms with van der Waals surface area (Å²) in [4.78, 5) is 2.61. The molecule has 0 saturated heterocycles. The van der Waals surface area contributed by atoms with Gasteiger partial charge in [0.2, 0.25) is 0 Å². The fraction of sp³-hybridized carbons (Fsp3) is 0.224. The number of rotatable bonds is 4. The second-order valence-electron chi connectivity index (χ2n) is 15.4. The van der Waals surface area contributed by atoms with E-state index < -0.39 is 0 Å². The molecule has 50 heavy (non-hydrogen) atoms. The lowest BCUT2D eigenvalue weighted by molar-refractivity contribution is 0.0973. The molecule has 0 N–H and O–H groups in total.